The van der Waals surface area contributed by atoms with Crippen molar-refractivity contribution in [2.45, 2.75) is 13.3 Å². The summed E-state index contributed by atoms with van der Waals surface area (Å²) in [5.41, 5.74) is 16.4. The molecule has 0 atom stereocenters. The Balaban J connectivity index is 0.000000222. The van der Waals surface area contributed by atoms with Gasteiger partial charge in [-0.3, -0.25) is 14.3 Å². The lowest BCUT2D eigenvalue weighted by Crippen LogP contribution is -2.24. The maximum Gasteiger partial charge on any atom is 0.267 e. The Labute approximate surface area is 186 Å². The molecule has 3 heterocycles. The van der Waals surface area contributed by atoms with Crippen LogP contribution in [-0.4, -0.2) is 24.5 Å². The molecule has 0 aliphatic heterocycles. The molecular weight excluding hydrogens is 437 g/mol. The van der Waals surface area contributed by atoms with Crippen LogP contribution in [0.5, 0.6) is 0 Å². The molecule has 0 unspecified atom stereocenters. The summed E-state index contributed by atoms with van der Waals surface area (Å²) in [6.45, 7) is 1.89. The van der Waals surface area contributed by atoms with Gasteiger partial charge in [0.25, 0.3) is 5.56 Å². The molecule has 0 fully saturated rings. The van der Waals surface area contributed by atoms with E-state index in [0.29, 0.717) is 23.4 Å². The molecule has 0 bridgehead atoms. The quantitative estimate of drug-likeness (QED) is 0.410. The normalized spacial score (nSPS) is 10.3. The van der Waals surface area contributed by atoms with Crippen molar-refractivity contribution in [3.05, 3.63) is 69.2 Å². The Bertz CT molecular complexity index is 1380. The molecule has 0 radical (unpaired) electrons. The number of halogens is 2. The first kappa shape index (κ1) is 22.4. The number of hydrogen-bond donors (Lipinski definition) is 3. The molecule has 6 N–H and O–H groups in total. The number of anilines is 3. The van der Waals surface area contributed by atoms with Crippen LogP contribution in [0.15, 0.2) is 41.5 Å². The fraction of sp³-hybridized carbons (Fsp3) is 0.100. The van der Waals surface area contributed by atoms with E-state index < -0.39 is 11.4 Å². The Morgan fingerprint density at radius 3 is 2.41 bits per heavy atom. The molecule has 0 saturated carbocycles. The number of aryl methyl sites for hydroxylation is 1. The molecule has 0 saturated heterocycles. The van der Waals surface area contributed by atoms with Crippen LogP contribution in [0.2, 0.25) is 5.02 Å². The first-order valence-corrected chi connectivity index (χ1v) is 9.54. The SMILES string of the molecule is CCc1nc2ccc(F)c(Cl)c2c(=O)n1-c1cccnc1.N#Cc1c(N)nc(N)nc1N. The molecule has 1 aromatic carbocycles. The van der Waals surface area contributed by atoms with Crippen LogP contribution in [0.4, 0.5) is 22.0 Å². The number of nitrogens with two attached hydrogens (primary N) is 3. The zero-order valence-corrected chi connectivity index (χ0v) is 17.5. The van der Waals surface area contributed by atoms with E-state index in [0.717, 1.165) is 0 Å². The van der Waals surface area contributed by atoms with E-state index in [2.05, 4.69) is 19.9 Å². The lowest BCUT2D eigenvalue weighted by atomic mass is 10.2. The summed E-state index contributed by atoms with van der Waals surface area (Å²) >= 11 is 5.94. The minimum absolute atomic E-state index is 0.0116. The summed E-state index contributed by atoms with van der Waals surface area (Å²) in [5.74, 6) is -0.0674. The highest BCUT2D eigenvalue weighted by molar-refractivity contribution is 6.35. The number of hydrogen-bond acceptors (Lipinski definition) is 9. The molecule has 3 aromatic heterocycles. The van der Waals surface area contributed by atoms with Crippen molar-refractivity contribution in [1.29, 1.82) is 5.26 Å². The molecule has 0 spiro atoms. The van der Waals surface area contributed by atoms with Gasteiger partial charge in [0.1, 0.15) is 34.9 Å². The van der Waals surface area contributed by atoms with Gasteiger partial charge in [0.05, 0.1) is 27.8 Å². The van der Waals surface area contributed by atoms with Crippen molar-refractivity contribution >= 4 is 40.1 Å². The van der Waals surface area contributed by atoms with Crippen LogP contribution in [0.3, 0.4) is 0 Å². The highest BCUT2D eigenvalue weighted by Crippen LogP contribution is 2.23. The minimum atomic E-state index is -0.634. The number of nitrogens with zero attached hydrogens (tertiary/aromatic N) is 6. The monoisotopic (exact) mass is 453 g/mol. The molecule has 0 aliphatic carbocycles. The highest BCUT2D eigenvalue weighted by atomic mass is 35.5. The van der Waals surface area contributed by atoms with Crippen molar-refractivity contribution in [2.75, 3.05) is 17.2 Å². The largest absolute Gasteiger partial charge is 0.382 e. The van der Waals surface area contributed by atoms with Gasteiger partial charge in [-0.1, -0.05) is 18.5 Å². The van der Waals surface area contributed by atoms with Gasteiger partial charge in [-0.2, -0.15) is 15.2 Å². The first-order valence-electron chi connectivity index (χ1n) is 9.17. The maximum atomic E-state index is 13.6. The Kier molecular flexibility index (Phi) is 6.46. The molecule has 12 heteroatoms. The van der Waals surface area contributed by atoms with E-state index >= 15 is 0 Å². The lowest BCUT2D eigenvalue weighted by molar-refractivity contribution is 0.629. The van der Waals surface area contributed by atoms with Gasteiger partial charge in [0.15, 0.2) is 0 Å². The predicted molar refractivity (Wildman–Crippen MR) is 119 cm³/mol. The van der Waals surface area contributed by atoms with E-state index in [1.54, 1.807) is 30.6 Å². The van der Waals surface area contributed by atoms with Crippen molar-refractivity contribution in [2.24, 2.45) is 0 Å². The van der Waals surface area contributed by atoms with E-state index in [-0.39, 0.29) is 33.6 Å². The van der Waals surface area contributed by atoms with Crippen LogP contribution >= 0.6 is 11.6 Å². The van der Waals surface area contributed by atoms with Gasteiger partial charge < -0.3 is 17.2 Å². The van der Waals surface area contributed by atoms with Gasteiger partial charge in [0, 0.05) is 12.6 Å². The number of rotatable bonds is 2. The maximum absolute atomic E-state index is 13.6. The van der Waals surface area contributed by atoms with Crippen LogP contribution in [0, 0.1) is 17.1 Å². The van der Waals surface area contributed by atoms with E-state index in [1.165, 1.54) is 16.7 Å². The third kappa shape index (κ3) is 4.26. The highest BCUT2D eigenvalue weighted by Gasteiger charge is 2.16. The van der Waals surface area contributed by atoms with Gasteiger partial charge in [-0.05, 0) is 24.3 Å². The van der Waals surface area contributed by atoms with Crippen molar-refractivity contribution in [3.63, 3.8) is 0 Å². The topological polar surface area (TPSA) is 175 Å². The predicted octanol–water partition coefficient (Wildman–Crippen LogP) is 2.23. The molecule has 10 nitrogen and oxygen atoms in total. The zero-order valence-electron chi connectivity index (χ0n) is 16.8. The molecule has 4 aromatic rings. The summed E-state index contributed by atoms with van der Waals surface area (Å²) in [6.07, 6.45) is 3.72. The average Bonchev–Trinajstić information content (AvgIpc) is 2.76. The van der Waals surface area contributed by atoms with E-state index in [4.69, 9.17) is 34.1 Å². The Morgan fingerprint density at radius 1 is 1.16 bits per heavy atom. The fourth-order valence-electron chi connectivity index (χ4n) is 2.87. The van der Waals surface area contributed by atoms with Crippen molar-refractivity contribution < 1.29 is 4.39 Å². The fourth-order valence-corrected chi connectivity index (χ4v) is 3.11. The molecular formula is C20H17ClFN9O. The molecule has 4 rings (SSSR count). The Morgan fingerprint density at radius 2 is 1.84 bits per heavy atom. The van der Waals surface area contributed by atoms with Crippen LogP contribution < -0.4 is 22.8 Å². The number of fused-ring (bicyclic) bond motifs is 1. The molecule has 0 amide bonds. The van der Waals surface area contributed by atoms with Crippen molar-refractivity contribution in [3.8, 4) is 11.8 Å². The smallest absolute Gasteiger partial charge is 0.267 e. The number of pyridine rings is 1. The van der Waals surface area contributed by atoms with Crippen molar-refractivity contribution in [1.82, 2.24) is 24.5 Å². The van der Waals surface area contributed by atoms with Crippen LogP contribution in [0.1, 0.15) is 18.3 Å². The van der Waals surface area contributed by atoms with Gasteiger partial charge >= 0.3 is 0 Å². The summed E-state index contributed by atoms with van der Waals surface area (Å²) in [7, 11) is 0. The van der Waals surface area contributed by atoms with Gasteiger partial charge in [0.2, 0.25) is 5.95 Å². The van der Waals surface area contributed by atoms with Gasteiger partial charge in [-0.25, -0.2) is 9.37 Å². The molecule has 162 valence electrons. The first-order chi connectivity index (χ1) is 15.3. The van der Waals surface area contributed by atoms with Crippen LogP contribution in [-0.2, 0) is 6.42 Å². The van der Waals surface area contributed by atoms with E-state index in [1.807, 2.05) is 6.92 Å². The second-order valence-corrected chi connectivity index (χ2v) is 6.71. The summed E-state index contributed by atoms with van der Waals surface area (Å²) in [6, 6.07) is 7.90. The summed E-state index contributed by atoms with van der Waals surface area (Å²) < 4.78 is 15.0. The minimum Gasteiger partial charge on any atom is -0.382 e. The second-order valence-electron chi connectivity index (χ2n) is 6.33. The average molecular weight is 454 g/mol. The van der Waals surface area contributed by atoms with Gasteiger partial charge in [-0.15, -0.1) is 0 Å². The molecule has 32 heavy (non-hydrogen) atoms. The Hall–Kier alpha value is -4.30. The van der Waals surface area contributed by atoms with E-state index in [9.17, 15) is 9.18 Å². The number of aromatic nitrogens is 5. The zero-order chi connectivity index (χ0) is 23.4. The van der Waals surface area contributed by atoms with Crippen LogP contribution in [0.25, 0.3) is 16.6 Å². The summed E-state index contributed by atoms with van der Waals surface area (Å²) in [4.78, 5) is 28.2. The lowest BCUT2D eigenvalue weighted by Gasteiger charge is -2.12. The number of nitriles is 1. The second kappa shape index (κ2) is 9.23. The number of nitrogen functional groups attached to an aromatic ring is 3. The summed E-state index contributed by atoms with van der Waals surface area (Å²) in [5, 5.41) is 8.34. The molecule has 0 aliphatic rings. The third-order valence-electron chi connectivity index (χ3n) is 4.31. The number of benzene rings is 1. The standard InChI is InChI=1S/C15H11ClFN3O.C5H6N6/c1-2-12-19-11-6-5-10(17)14(16)13(11)15(21)20(12)9-4-3-7-18-8-9;6-1-2-3(7)10-5(9)11-4(2)8/h3-8H,2H2,1H3;(H6,7,8,9,10,11). The third-order valence-corrected chi connectivity index (χ3v) is 4.68.